The Bertz CT molecular complexity index is 1460. The number of hydrogen-bond donors (Lipinski definition) is 2. The molecule has 12 heteroatoms. The average molecular weight is 678 g/mol. The molecule has 43 heavy (non-hydrogen) atoms. The number of nitrogens with one attached hydrogen (secondary N) is 2. The summed E-state index contributed by atoms with van der Waals surface area (Å²) in [6.07, 6.45) is -3.25. The fraction of sp³-hybridized carbons (Fsp3) is 0.419. The van der Waals surface area contributed by atoms with E-state index in [1.807, 2.05) is 38.1 Å². The van der Waals surface area contributed by atoms with Crippen LogP contribution in [-0.4, -0.2) is 52.3 Å². The van der Waals surface area contributed by atoms with Crippen LogP contribution in [0.15, 0.2) is 58.5 Å². The summed E-state index contributed by atoms with van der Waals surface area (Å²) in [6, 6.07) is 11.0. The van der Waals surface area contributed by atoms with Gasteiger partial charge < -0.3 is 20.3 Å². The second-order valence-electron chi connectivity index (χ2n) is 11.7. The molecule has 0 bridgehead atoms. The van der Waals surface area contributed by atoms with Crippen molar-refractivity contribution in [3.8, 4) is 16.2 Å². The maximum atomic E-state index is 14.8. The van der Waals surface area contributed by atoms with Crippen molar-refractivity contribution < 1.29 is 27.9 Å². The van der Waals surface area contributed by atoms with Gasteiger partial charge in [-0.1, -0.05) is 61.0 Å². The molecule has 2 aromatic carbocycles. The molecule has 0 radical (unpaired) electrons. The highest BCUT2D eigenvalue weighted by Gasteiger charge is 2.48. The van der Waals surface area contributed by atoms with Crippen molar-refractivity contribution in [2.45, 2.75) is 71.7 Å². The van der Waals surface area contributed by atoms with Crippen molar-refractivity contribution in [2.75, 3.05) is 6.54 Å². The lowest BCUT2D eigenvalue weighted by Gasteiger charge is -2.36. The summed E-state index contributed by atoms with van der Waals surface area (Å²) in [5.74, 6) is -2.89. The number of alkyl halides is 2. The Balaban J connectivity index is 1.43. The maximum absolute atomic E-state index is 14.8. The van der Waals surface area contributed by atoms with E-state index in [2.05, 4.69) is 36.3 Å². The van der Waals surface area contributed by atoms with Crippen LogP contribution in [0.3, 0.4) is 0 Å². The third kappa shape index (κ3) is 7.77. The van der Waals surface area contributed by atoms with Gasteiger partial charge in [-0.25, -0.2) is 4.98 Å². The van der Waals surface area contributed by atoms with Gasteiger partial charge in [0.15, 0.2) is 0 Å². The first-order valence-corrected chi connectivity index (χ1v) is 15.6. The van der Waals surface area contributed by atoms with Gasteiger partial charge >= 0.3 is 12.0 Å². The topological polar surface area (TPSA) is 101 Å². The van der Waals surface area contributed by atoms with Crippen molar-refractivity contribution in [1.82, 2.24) is 20.5 Å². The van der Waals surface area contributed by atoms with E-state index in [0.29, 0.717) is 17.3 Å². The van der Waals surface area contributed by atoms with Crippen LogP contribution >= 0.6 is 27.3 Å². The summed E-state index contributed by atoms with van der Waals surface area (Å²) in [5, 5.41) is 5.19. The largest absolute Gasteiger partial charge is 0.482 e. The Morgan fingerprint density at radius 1 is 1.07 bits per heavy atom. The van der Waals surface area contributed by atoms with E-state index in [0.717, 1.165) is 21.7 Å². The van der Waals surface area contributed by atoms with E-state index >= 15 is 0 Å². The molecule has 0 spiro atoms. The number of thiazole rings is 1. The Hall–Kier alpha value is -3.38. The highest BCUT2D eigenvalue weighted by molar-refractivity contribution is 9.10. The number of likely N-dealkylation sites (tertiary alicyclic amines) is 1. The van der Waals surface area contributed by atoms with E-state index in [1.54, 1.807) is 37.6 Å². The van der Waals surface area contributed by atoms with Gasteiger partial charge in [-0.2, -0.15) is 8.78 Å². The molecule has 3 aromatic rings. The number of carbonyl (C=O) groups excluding carboxylic acids is 3. The maximum Gasteiger partial charge on any atom is 0.482 e. The van der Waals surface area contributed by atoms with E-state index in [4.69, 9.17) is 0 Å². The normalized spacial score (nSPS) is 16.8. The standard InChI is InChI=1S/C31H35BrF2N4O4S/c1-18(20-8-10-21(11-9-20)25-19(2)35-17-43-25)36-27(39)24-7-6-16-38(24)28(40)26(30(3,4)5)37-29(41)31(33,34)42-23-14-12-22(32)13-15-23/h8-15,17-18,24,26H,6-7,16H2,1-5H3,(H,36,39)(H,37,41)/t18-,24-,26?/m0/s1. The molecule has 230 valence electrons. The Labute approximate surface area is 262 Å². The minimum atomic E-state index is -4.23. The molecule has 1 saturated heterocycles. The third-order valence-electron chi connectivity index (χ3n) is 7.33. The molecule has 1 aliphatic rings. The van der Waals surface area contributed by atoms with Crippen molar-refractivity contribution in [1.29, 1.82) is 0 Å². The lowest BCUT2D eigenvalue weighted by atomic mass is 9.85. The quantitative estimate of drug-likeness (QED) is 0.279. The molecule has 1 fully saturated rings. The molecular formula is C31H35BrF2N4O4S. The Morgan fingerprint density at radius 2 is 1.72 bits per heavy atom. The first kappa shape index (κ1) is 32.5. The summed E-state index contributed by atoms with van der Waals surface area (Å²) in [5.41, 5.74) is 3.75. The highest BCUT2D eigenvalue weighted by Crippen LogP contribution is 2.30. The summed E-state index contributed by atoms with van der Waals surface area (Å²) in [6.45, 7) is 9.06. The van der Waals surface area contributed by atoms with Crippen LogP contribution in [0, 0.1) is 12.3 Å². The molecule has 3 amide bonds. The van der Waals surface area contributed by atoms with Gasteiger partial charge in [0, 0.05) is 11.0 Å². The fourth-order valence-corrected chi connectivity index (χ4v) is 6.00. The summed E-state index contributed by atoms with van der Waals surface area (Å²) >= 11 is 4.78. The molecule has 1 aromatic heterocycles. The molecule has 2 heterocycles. The van der Waals surface area contributed by atoms with Crippen LogP contribution in [0.5, 0.6) is 5.75 Å². The second kappa shape index (κ2) is 13.1. The third-order valence-corrected chi connectivity index (χ3v) is 8.83. The molecule has 3 atom stereocenters. The number of ether oxygens (including phenoxy) is 1. The molecule has 4 rings (SSSR count). The van der Waals surface area contributed by atoms with Crippen molar-refractivity contribution in [3.63, 3.8) is 0 Å². The lowest BCUT2D eigenvalue weighted by molar-refractivity contribution is -0.194. The molecular weight excluding hydrogens is 642 g/mol. The fourth-order valence-electron chi connectivity index (χ4n) is 4.92. The predicted molar refractivity (Wildman–Crippen MR) is 165 cm³/mol. The minimum Gasteiger partial charge on any atom is -0.425 e. The van der Waals surface area contributed by atoms with Gasteiger partial charge in [-0.05, 0) is 67.5 Å². The second-order valence-corrected chi connectivity index (χ2v) is 13.4. The predicted octanol–water partition coefficient (Wildman–Crippen LogP) is 6.25. The highest BCUT2D eigenvalue weighted by atomic mass is 79.9. The van der Waals surface area contributed by atoms with Gasteiger partial charge in [-0.15, -0.1) is 11.3 Å². The number of carbonyl (C=O) groups is 3. The number of aryl methyl sites for hydroxylation is 1. The van der Waals surface area contributed by atoms with E-state index < -0.39 is 35.4 Å². The van der Waals surface area contributed by atoms with Crippen LogP contribution in [0.25, 0.3) is 10.4 Å². The van der Waals surface area contributed by atoms with Crippen LogP contribution in [0.4, 0.5) is 8.78 Å². The minimum absolute atomic E-state index is 0.208. The molecule has 8 nitrogen and oxygen atoms in total. The SMILES string of the molecule is Cc1ncsc1-c1ccc([C@H](C)NC(=O)[C@@H]2CCCN2C(=O)C(NC(=O)C(F)(F)Oc2ccc(Br)cc2)C(C)(C)C)cc1. The summed E-state index contributed by atoms with van der Waals surface area (Å²) in [4.78, 5) is 46.6. The number of aromatic nitrogens is 1. The van der Waals surface area contributed by atoms with Gasteiger partial charge in [-0.3, -0.25) is 14.4 Å². The van der Waals surface area contributed by atoms with Crippen LogP contribution in [0.1, 0.15) is 57.8 Å². The van der Waals surface area contributed by atoms with Crippen molar-refractivity contribution >= 4 is 45.0 Å². The Kier molecular flexibility index (Phi) is 9.90. The summed E-state index contributed by atoms with van der Waals surface area (Å²) < 4.78 is 34.9. The molecule has 2 N–H and O–H groups in total. The zero-order valence-electron chi connectivity index (χ0n) is 24.6. The Morgan fingerprint density at radius 3 is 2.30 bits per heavy atom. The van der Waals surface area contributed by atoms with E-state index in [1.165, 1.54) is 29.2 Å². The molecule has 1 unspecified atom stereocenters. The molecule has 0 saturated carbocycles. The number of benzene rings is 2. The van der Waals surface area contributed by atoms with Gasteiger partial charge in [0.25, 0.3) is 0 Å². The van der Waals surface area contributed by atoms with E-state index in [9.17, 15) is 23.2 Å². The lowest BCUT2D eigenvalue weighted by Crippen LogP contribution is -2.60. The zero-order valence-corrected chi connectivity index (χ0v) is 27.0. The first-order valence-electron chi connectivity index (χ1n) is 13.9. The van der Waals surface area contributed by atoms with Crippen molar-refractivity contribution in [3.05, 3.63) is 69.8 Å². The molecule has 0 aliphatic carbocycles. The van der Waals surface area contributed by atoms with Crippen LogP contribution in [-0.2, 0) is 14.4 Å². The monoisotopic (exact) mass is 676 g/mol. The van der Waals surface area contributed by atoms with Crippen molar-refractivity contribution in [2.24, 2.45) is 5.41 Å². The zero-order chi connectivity index (χ0) is 31.5. The number of nitrogens with zero attached hydrogens (tertiary/aromatic N) is 2. The average Bonchev–Trinajstić information content (AvgIpc) is 3.61. The summed E-state index contributed by atoms with van der Waals surface area (Å²) in [7, 11) is 0. The van der Waals surface area contributed by atoms with Gasteiger partial charge in [0.1, 0.15) is 17.8 Å². The molecule has 1 aliphatic heterocycles. The number of amides is 3. The van der Waals surface area contributed by atoms with Gasteiger partial charge in [0.05, 0.1) is 22.1 Å². The number of hydrogen-bond acceptors (Lipinski definition) is 6. The number of halogens is 3. The van der Waals surface area contributed by atoms with E-state index in [-0.39, 0.29) is 24.2 Å². The number of rotatable bonds is 9. The smallest absolute Gasteiger partial charge is 0.425 e. The first-order chi connectivity index (χ1) is 20.2. The van der Waals surface area contributed by atoms with Crippen LogP contribution < -0.4 is 15.4 Å². The van der Waals surface area contributed by atoms with Crippen LogP contribution in [0.2, 0.25) is 0 Å². The van der Waals surface area contributed by atoms with Gasteiger partial charge in [0.2, 0.25) is 11.8 Å².